The zero-order chi connectivity index (χ0) is 17.0. The highest BCUT2D eigenvalue weighted by Crippen LogP contribution is 2.33. The minimum atomic E-state index is -0.839. The van der Waals surface area contributed by atoms with Crippen LogP contribution in [-0.2, 0) is 9.53 Å². The maximum Gasteiger partial charge on any atom is 0.256 e. The lowest BCUT2D eigenvalue weighted by Gasteiger charge is -2.25. The van der Waals surface area contributed by atoms with Crippen LogP contribution in [0.4, 0.5) is 5.69 Å². The molecule has 23 heavy (non-hydrogen) atoms. The number of methoxy groups -OCH3 is 1. The van der Waals surface area contributed by atoms with Gasteiger partial charge in [0, 0.05) is 23.6 Å². The van der Waals surface area contributed by atoms with Crippen molar-refractivity contribution >= 4 is 22.4 Å². The summed E-state index contributed by atoms with van der Waals surface area (Å²) in [6.07, 6.45) is 0.692. The highest BCUT2D eigenvalue weighted by Gasteiger charge is 2.31. The molecule has 0 saturated heterocycles. The van der Waals surface area contributed by atoms with Crippen LogP contribution >= 0.6 is 0 Å². The van der Waals surface area contributed by atoms with E-state index in [-0.39, 0.29) is 12.0 Å². The summed E-state index contributed by atoms with van der Waals surface area (Å²) in [5.41, 5.74) is -0.0766. The molecule has 4 nitrogen and oxygen atoms in total. The van der Waals surface area contributed by atoms with E-state index in [1.54, 1.807) is 14.0 Å². The first kappa shape index (κ1) is 17.3. The van der Waals surface area contributed by atoms with E-state index in [1.165, 1.54) is 0 Å². The third kappa shape index (κ3) is 3.64. The molecule has 1 N–H and O–H groups in total. The van der Waals surface area contributed by atoms with Gasteiger partial charge in [0.1, 0.15) is 11.4 Å². The minimum Gasteiger partial charge on any atom is -0.490 e. The van der Waals surface area contributed by atoms with Crippen molar-refractivity contribution in [3.63, 3.8) is 0 Å². The lowest BCUT2D eigenvalue weighted by atomic mass is 10.0. The van der Waals surface area contributed by atoms with E-state index in [2.05, 4.69) is 5.32 Å². The molecule has 2 rings (SSSR count). The van der Waals surface area contributed by atoms with Crippen LogP contribution in [0.5, 0.6) is 5.75 Å². The van der Waals surface area contributed by atoms with E-state index in [0.29, 0.717) is 6.42 Å². The third-order valence-electron chi connectivity index (χ3n) is 4.10. The highest BCUT2D eigenvalue weighted by atomic mass is 16.5. The van der Waals surface area contributed by atoms with Gasteiger partial charge in [-0.2, -0.15) is 0 Å². The quantitative estimate of drug-likeness (QED) is 0.860. The number of carbonyl (C=O) groups excluding carboxylic acids is 1. The summed E-state index contributed by atoms with van der Waals surface area (Å²) in [6, 6.07) is 11.7. The van der Waals surface area contributed by atoms with Crippen molar-refractivity contribution in [2.45, 2.75) is 45.8 Å². The van der Waals surface area contributed by atoms with Gasteiger partial charge in [-0.05, 0) is 39.3 Å². The molecule has 0 bridgehead atoms. The van der Waals surface area contributed by atoms with Crippen LogP contribution in [0.1, 0.15) is 34.1 Å². The van der Waals surface area contributed by atoms with Gasteiger partial charge in [0.2, 0.25) is 0 Å². The lowest BCUT2D eigenvalue weighted by Crippen LogP contribution is -2.41. The number of nitrogens with one attached hydrogen (secondary N) is 1. The van der Waals surface area contributed by atoms with Crippen LogP contribution in [0.3, 0.4) is 0 Å². The molecule has 0 aliphatic rings. The normalized spacial score (nSPS) is 13.8. The summed E-state index contributed by atoms with van der Waals surface area (Å²) in [4.78, 5) is 12.5. The topological polar surface area (TPSA) is 47.6 Å². The number of rotatable bonds is 6. The number of anilines is 1. The van der Waals surface area contributed by atoms with E-state index in [1.807, 2.05) is 57.2 Å². The van der Waals surface area contributed by atoms with Gasteiger partial charge in [0.15, 0.2) is 0 Å². The molecule has 0 saturated carbocycles. The van der Waals surface area contributed by atoms with Crippen molar-refractivity contribution in [2.75, 3.05) is 12.4 Å². The van der Waals surface area contributed by atoms with Crippen LogP contribution in [0.15, 0.2) is 36.4 Å². The lowest BCUT2D eigenvalue weighted by molar-refractivity contribution is -0.136. The Balaban J connectivity index is 2.41. The fourth-order valence-corrected chi connectivity index (χ4v) is 2.39. The van der Waals surface area contributed by atoms with Gasteiger partial charge >= 0.3 is 0 Å². The Morgan fingerprint density at radius 1 is 1.17 bits per heavy atom. The molecule has 0 aliphatic heterocycles. The maximum absolute atomic E-state index is 12.5. The second-order valence-electron chi connectivity index (χ2n) is 6.07. The van der Waals surface area contributed by atoms with Gasteiger partial charge in [-0.1, -0.05) is 31.2 Å². The number of hydrogen-bond donors (Lipinski definition) is 1. The maximum atomic E-state index is 12.5. The molecular formula is C19H25NO3. The molecule has 1 atom stereocenters. The smallest absolute Gasteiger partial charge is 0.256 e. The number of hydrogen-bond acceptors (Lipinski definition) is 3. The minimum absolute atomic E-state index is 0.0933. The van der Waals surface area contributed by atoms with Crippen LogP contribution in [0.2, 0.25) is 0 Å². The van der Waals surface area contributed by atoms with E-state index >= 15 is 0 Å². The molecular weight excluding hydrogens is 290 g/mol. The summed E-state index contributed by atoms with van der Waals surface area (Å²) in [5.74, 6) is 0.670. The molecule has 1 amide bonds. The van der Waals surface area contributed by atoms with Crippen molar-refractivity contribution < 1.29 is 14.3 Å². The predicted octanol–water partition coefficient (Wildman–Crippen LogP) is 4.38. The second kappa shape index (κ2) is 7.01. The summed E-state index contributed by atoms with van der Waals surface area (Å²) in [7, 11) is 1.56. The van der Waals surface area contributed by atoms with Gasteiger partial charge in [0.25, 0.3) is 5.91 Å². The van der Waals surface area contributed by atoms with E-state index in [4.69, 9.17) is 9.47 Å². The first-order chi connectivity index (χ1) is 10.9. The van der Waals surface area contributed by atoms with Gasteiger partial charge in [0.05, 0.1) is 6.10 Å². The number of carbonyl (C=O) groups is 1. The van der Waals surface area contributed by atoms with Crippen LogP contribution in [0.25, 0.3) is 10.8 Å². The van der Waals surface area contributed by atoms with Crippen LogP contribution < -0.4 is 10.1 Å². The Hall–Kier alpha value is -2.07. The third-order valence-corrected chi connectivity index (χ3v) is 4.10. The van der Waals surface area contributed by atoms with Crippen molar-refractivity contribution in [3.8, 4) is 5.75 Å². The Bertz CT molecular complexity index is 690. The number of amides is 1. The molecule has 0 unspecified atom stereocenters. The summed E-state index contributed by atoms with van der Waals surface area (Å²) >= 11 is 0. The van der Waals surface area contributed by atoms with E-state index < -0.39 is 5.60 Å². The van der Waals surface area contributed by atoms with Crippen molar-refractivity contribution in [1.82, 2.24) is 0 Å². The van der Waals surface area contributed by atoms with E-state index in [0.717, 1.165) is 22.2 Å². The molecule has 0 heterocycles. The molecule has 4 heteroatoms. The molecule has 2 aromatic rings. The van der Waals surface area contributed by atoms with Crippen molar-refractivity contribution in [2.24, 2.45) is 0 Å². The fraction of sp³-hybridized carbons (Fsp3) is 0.421. The van der Waals surface area contributed by atoms with Gasteiger partial charge in [-0.25, -0.2) is 0 Å². The van der Waals surface area contributed by atoms with Crippen molar-refractivity contribution in [3.05, 3.63) is 36.4 Å². The summed E-state index contributed by atoms with van der Waals surface area (Å²) in [5, 5.41) is 4.92. The number of ether oxygens (including phenoxy) is 2. The van der Waals surface area contributed by atoms with Crippen LogP contribution in [-0.4, -0.2) is 24.7 Å². The first-order valence-electron chi connectivity index (χ1n) is 7.96. The Morgan fingerprint density at radius 2 is 1.83 bits per heavy atom. The van der Waals surface area contributed by atoms with Gasteiger partial charge in [-0.3, -0.25) is 4.79 Å². The Kier molecular flexibility index (Phi) is 5.26. The molecule has 0 aliphatic carbocycles. The zero-order valence-electron chi connectivity index (χ0n) is 14.5. The van der Waals surface area contributed by atoms with E-state index in [9.17, 15) is 4.79 Å². The highest BCUT2D eigenvalue weighted by molar-refractivity contribution is 6.06. The number of fused-ring (bicyclic) bond motifs is 1. The largest absolute Gasteiger partial charge is 0.490 e. The predicted molar refractivity (Wildman–Crippen MR) is 94.0 cm³/mol. The van der Waals surface area contributed by atoms with Crippen LogP contribution in [0, 0.1) is 0 Å². The second-order valence-corrected chi connectivity index (χ2v) is 6.07. The Labute approximate surface area is 137 Å². The van der Waals surface area contributed by atoms with Gasteiger partial charge < -0.3 is 14.8 Å². The SMILES string of the molecule is CC[C@](C)(OC)C(=O)Nc1ccc(OC(C)C)c2ccccc12. The molecule has 124 valence electrons. The standard InChI is InChI=1S/C19H25NO3/c1-6-19(4,22-5)18(21)20-16-11-12-17(23-13(2)3)15-10-8-7-9-14(15)16/h7-13H,6H2,1-5H3,(H,20,21)/t19-/m0/s1. The monoisotopic (exact) mass is 315 g/mol. The average molecular weight is 315 g/mol. The molecule has 0 fully saturated rings. The zero-order valence-corrected chi connectivity index (χ0v) is 14.5. The molecule has 0 aromatic heterocycles. The number of benzene rings is 2. The summed E-state index contributed by atoms with van der Waals surface area (Å²) in [6.45, 7) is 7.72. The summed E-state index contributed by atoms with van der Waals surface area (Å²) < 4.78 is 11.2. The van der Waals surface area contributed by atoms with Crippen molar-refractivity contribution in [1.29, 1.82) is 0 Å². The molecule has 0 radical (unpaired) electrons. The molecule has 0 spiro atoms. The average Bonchev–Trinajstić information content (AvgIpc) is 2.55. The first-order valence-corrected chi connectivity index (χ1v) is 7.96. The molecule has 2 aromatic carbocycles. The fourth-order valence-electron chi connectivity index (χ4n) is 2.39. The van der Waals surface area contributed by atoms with Gasteiger partial charge in [-0.15, -0.1) is 0 Å². The Morgan fingerprint density at radius 3 is 2.39 bits per heavy atom.